The van der Waals surface area contributed by atoms with Gasteiger partial charge in [-0.1, -0.05) is 70.2 Å². The summed E-state index contributed by atoms with van der Waals surface area (Å²) in [5, 5.41) is 0. The molecular formula is C30H38N2O4S. The average Bonchev–Trinajstić information content (AvgIpc) is 2.83. The maximum Gasteiger partial charge on any atom is 0.264 e. The largest absolute Gasteiger partial charge is 0.496 e. The SMILES string of the molecule is COc1ccccc1-c1cc(C(C)C)c(CC(=O)NS(=O)(=O)c2ccc(CN(C)C)cc2)c(C(C)C)c1. The van der Waals surface area contributed by atoms with E-state index in [1.807, 2.05) is 43.3 Å². The van der Waals surface area contributed by atoms with Crippen molar-refractivity contribution in [3.63, 3.8) is 0 Å². The molecule has 0 bridgehead atoms. The number of nitrogens with one attached hydrogen (secondary N) is 1. The second kappa shape index (κ2) is 11.9. The van der Waals surface area contributed by atoms with Crippen LogP contribution in [0.3, 0.4) is 0 Å². The van der Waals surface area contributed by atoms with Crippen LogP contribution in [0.1, 0.15) is 61.8 Å². The molecule has 0 radical (unpaired) electrons. The van der Waals surface area contributed by atoms with Gasteiger partial charge in [-0.2, -0.15) is 0 Å². The molecule has 0 unspecified atom stereocenters. The summed E-state index contributed by atoms with van der Waals surface area (Å²) in [7, 11) is 1.57. The van der Waals surface area contributed by atoms with Crippen molar-refractivity contribution in [1.82, 2.24) is 9.62 Å². The van der Waals surface area contributed by atoms with E-state index in [2.05, 4.69) is 44.5 Å². The molecule has 37 heavy (non-hydrogen) atoms. The standard InChI is InChI=1S/C30H38N2O4S/c1-20(2)26-16-23(25-10-8-9-11-29(25)36-7)17-27(21(3)4)28(26)18-30(33)31-37(34,35)24-14-12-22(13-15-24)19-32(5)6/h8-17,20-21H,18-19H2,1-7H3,(H,31,33). The van der Waals surface area contributed by atoms with Gasteiger partial charge < -0.3 is 9.64 Å². The minimum atomic E-state index is -3.98. The van der Waals surface area contributed by atoms with E-state index in [-0.39, 0.29) is 23.2 Å². The maximum atomic E-state index is 13.1. The normalized spacial score (nSPS) is 11.8. The Morgan fingerprint density at radius 1 is 0.919 bits per heavy atom. The maximum absolute atomic E-state index is 13.1. The highest BCUT2D eigenvalue weighted by molar-refractivity contribution is 7.90. The Morgan fingerprint density at radius 3 is 2.00 bits per heavy atom. The molecule has 3 rings (SSSR count). The summed E-state index contributed by atoms with van der Waals surface area (Å²) >= 11 is 0. The van der Waals surface area contributed by atoms with Gasteiger partial charge in [0.05, 0.1) is 18.4 Å². The fourth-order valence-corrected chi connectivity index (χ4v) is 5.52. The van der Waals surface area contributed by atoms with Crippen molar-refractivity contribution in [2.24, 2.45) is 0 Å². The van der Waals surface area contributed by atoms with Gasteiger partial charge in [0, 0.05) is 12.1 Å². The zero-order valence-electron chi connectivity index (χ0n) is 22.8. The van der Waals surface area contributed by atoms with E-state index < -0.39 is 15.9 Å². The molecule has 3 aromatic rings. The van der Waals surface area contributed by atoms with Crippen LogP contribution in [-0.4, -0.2) is 40.4 Å². The molecule has 7 heteroatoms. The van der Waals surface area contributed by atoms with E-state index >= 15 is 0 Å². The molecule has 0 aromatic heterocycles. The summed E-state index contributed by atoms with van der Waals surface area (Å²) in [5.74, 6) is 0.498. The molecule has 0 atom stereocenters. The number of para-hydroxylation sites is 1. The van der Waals surface area contributed by atoms with Crippen molar-refractivity contribution in [3.8, 4) is 16.9 Å². The minimum Gasteiger partial charge on any atom is -0.496 e. The third kappa shape index (κ3) is 6.99. The van der Waals surface area contributed by atoms with Crippen molar-refractivity contribution in [2.75, 3.05) is 21.2 Å². The zero-order chi connectivity index (χ0) is 27.3. The van der Waals surface area contributed by atoms with Crippen LogP contribution in [0, 0.1) is 0 Å². The van der Waals surface area contributed by atoms with Crippen LogP contribution >= 0.6 is 0 Å². The van der Waals surface area contributed by atoms with Crippen LogP contribution in [0.25, 0.3) is 11.1 Å². The van der Waals surface area contributed by atoms with Crippen molar-refractivity contribution in [3.05, 3.63) is 82.9 Å². The first-order chi connectivity index (χ1) is 17.4. The summed E-state index contributed by atoms with van der Waals surface area (Å²) < 4.78 is 33.8. The smallest absolute Gasteiger partial charge is 0.264 e. The van der Waals surface area contributed by atoms with Crippen molar-refractivity contribution in [1.29, 1.82) is 0 Å². The second-order valence-corrected chi connectivity index (χ2v) is 11.9. The van der Waals surface area contributed by atoms with Gasteiger partial charge in [0.1, 0.15) is 5.75 Å². The van der Waals surface area contributed by atoms with Crippen molar-refractivity contribution >= 4 is 15.9 Å². The minimum absolute atomic E-state index is 0.0226. The third-order valence-corrected chi connectivity index (χ3v) is 7.69. The predicted octanol–water partition coefficient (Wildman–Crippen LogP) is 5.72. The summed E-state index contributed by atoms with van der Waals surface area (Å²) in [4.78, 5) is 15.2. The van der Waals surface area contributed by atoms with Gasteiger partial charge in [-0.15, -0.1) is 0 Å². The Labute approximate surface area is 221 Å². The molecular weight excluding hydrogens is 484 g/mol. The topological polar surface area (TPSA) is 75.7 Å². The predicted molar refractivity (Wildman–Crippen MR) is 149 cm³/mol. The van der Waals surface area contributed by atoms with E-state index in [1.165, 1.54) is 12.1 Å². The molecule has 0 heterocycles. The lowest BCUT2D eigenvalue weighted by atomic mass is 9.84. The molecule has 0 saturated carbocycles. The molecule has 0 aliphatic rings. The number of rotatable bonds is 10. The van der Waals surface area contributed by atoms with Gasteiger partial charge in [-0.3, -0.25) is 4.79 Å². The Morgan fingerprint density at radius 2 is 1.49 bits per heavy atom. The monoisotopic (exact) mass is 522 g/mol. The zero-order valence-corrected chi connectivity index (χ0v) is 23.6. The van der Waals surface area contributed by atoms with E-state index in [9.17, 15) is 13.2 Å². The Hall–Kier alpha value is -3.16. The summed E-state index contributed by atoms with van der Waals surface area (Å²) in [6, 6.07) is 18.6. The third-order valence-electron chi connectivity index (χ3n) is 6.30. The van der Waals surface area contributed by atoms with Crippen LogP contribution < -0.4 is 9.46 Å². The number of amides is 1. The number of carbonyl (C=O) groups is 1. The number of sulfonamides is 1. The average molecular weight is 523 g/mol. The van der Waals surface area contributed by atoms with Crippen LogP contribution in [0.4, 0.5) is 0 Å². The number of ether oxygens (including phenoxy) is 1. The number of carbonyl (C=O) groups excluding carboxylic acids is 1. The number of hydrogen-bond donors (Lipinski definition) is 1. The van der Waals surface area contributed by atoms with Crippen LogP contribution in [-0.2, 0) is 27.8 Å². The van der Waals surface area contributed by atoms with Gasteiger partial charge in [0.25, 0.3) is 10.0 Å². The second-order valence-electron chi connectivity index (χ2n) is 10.2. The molecule has 198 valence electrons. The first kappa shape index (κ1) is 28.4. The molecule has 1 N–H and O–H groups in total. The molecule has 6 nitrogen and oxygen atoms in total. The van der Waals surface area contributed by atoms with E-state index in [1.54, 1.807) is 19.2 Å². The lowest BCUT2D eigenvalue weighted by molar-refractivity contribution is -0.118. The van der Waals surface area contributed by atoms with Gasteiger partial charge in [0.15, 0.2) is 0 Å². The van der Waals surface area contributed by atoms with Gasteiger partial charge >= 0.3 is 0 Å². The highest BCUT2D eigenvalue weighted by Crippen LogP contribution is 2.37. The van der Waals surface area contributed by atoms with E-state index in [0.29, 0.717) is 6.54 Å². The van der Waals surface area contributed by atoms with Gasteiger partial charge in [0.2, 0.25) is 5.91 Å². The molecule has 3 aromatic carbocycles. The number of nitrogens with zero attached hydrogens (tertiary/aromatic N) is 1. The fraction of sp³-hybridized carbons (Fsp3) is 0.367. The first-order valence-electron chi connectivity index (χ1n) is 12.5. The summed E-state index contributed by atoms with van der Waals surface area (Å²) in [6.07, 6.45) is -0.0226. The molecule has 0 saturated heterocycles. The Balaban J connectivity index is 1.94. The van der Waals surface area contributed by atoms with E-state index in [0.717, 1.165) is 39.1 Å². The summed E-state index contributed by atoms with van der Waals surface area (Å²) in [6.45, 7) is 9.03. The lowest BCUT2D eigenvalue weighted by Gasteiger charge is -2.22. The van der Waals surface area contributed by atoms with Gasteiger partial charge in [-0.25, -0.2) is 13.1 Å². The van der Waals surface area contributed by atoms with Crippen LogP contribution in [0.15, 0.2) is 65.6 Å². The number of benzene rings is 3. The number of methoxy groups -OCH3 is 1. The number of hydrogen-bond acceptors (Lipinski definition) is 5. The molecule has 0 fully saturated rings. The quantitative estimate of drug-likeness (QED) is 0.369. The molecule has 1 amide bonds. The van der Waals surface area contributed by atoms with E-state index in [4.69, 9.17) is 4.74 Å². The Bertz CT molecular complexity index is 1320. The lowest BCUT2D eigenvalue weighted by Crippen LogP contribution is -2.32. The Kier molecular flexibility index (Phi) is 9.16. The highest BCUT2D eigenvalue weighted by Gasteiger charge is 2.23. The first-order valence-corrected chi connectivity index (χ1v) is 14.0. The molecule has 0 aliphatic carbocycles. The molecule has 0 aliphatic heterocycles. The van der Waals surface area contributed by atoms with Gasteiger partial charge in [-0.05, 0) is 71.9 Å². The summed E-state index contributed by atoms with van der Waals surface area (Å²) in [5.41, 5.74) is 5.90. The molecule has 0 spiro atoms. The van der Waals surface area contributed by atoms with Crippen LogP contribution in [0.2, 0.25) is 0 Å². The van der Waals surface area contributed by atoms with Crippen molar-refractivity contribution in [2.45, 2.75) is 57.4 Å². The van der Waals surface area contributed by atoms with Crippen LogP contribution in [0.5, 0.6) is 5.75 Å². The van der Waals surface area contributed by atoms with Crippen molar-refractivity contribution < 1.29 is 17.9 Å². The highest BCUT2D eigenvalue weighted by atomic mass is 32.2. The fourth-order valence-electron chi connectivity index (χ4n) is 4.54.